The molecule has 0 spiro atoms. The van der Waals surface area contributed by atoms with Crippen LogP contribution in [0.5, 0.6) is 17.2 Å². The van der Waals surface area contributed by atoms with Crippen LogP contribution in [0.4, 0.5) is 18.9 Å². The number of aliphatic hydroxyl groups is 1. The number of halogens is 4. The number of nitrogens with zero attached hydrogens (tertiary/aromatic N) is 3. The zero-order valence-electron chi connectivity index (χ0n) is 26.8. The second-order valence-corrected chi connectivity index (χ2v) is 13.4. The van der Waals surface area contributed by atoms with Gasteiger partial charge in [0.25, 0.3) is 5.91 Å². The fraction of sp³-hybridized carbons (Fsp3) is 0.394. The van der Waals surface area contributed by atoms with Gasteiger partial charge in [0.05, 0.1) is 32.1 Å². The zero-order chi connectivity index (χ0) is 35.1. The van der Waals surface area contributed by atoms with Gasteiger partial charge in [-0.2, -0.15) is 0 Å². The molecule has 0 saturated carbocycles. The molecule has 0 aliphatic carbocycles. The maximum absolute atomic E-state index is 15.4. The maximum atomic E-state index is 15.4. The molecule has 3 aromatic rings. The van der Waals surface area contributed by atoms with Crippen molar-refractivity contribution in [3.63, 3.8) is 0 Å². The molecular formula is C33H35ClF3N3O7S. The molecule has 2 heterocycles. The standard InChI is InChI=1S/C33H35ClF3N3O7S/c1-6-7-19-8-12-27(46-5)24(14-19)32(39-18-21(41)16-26(39)30(42)38(2)3)23-15-20(34)9-11-25(23)40(31(32)43)48(44)29-13-10-22(45-4)17-28(29)47-33(35,36)37/h8-15,17,21,26,41H,6-7,16,18H2,1-5H3/t21-,26+,32?,48?/m1/s1. The highest BCUT2D eigenvalue weighted by atomic mass is 35.5. The van der Waals surface area contributed by atoms with Crippen LogP contribution in [0, 0.1) is 0 Å². The van der Waals surface area contributed by atoms with E-state index in [4.69, 9.17) is 21.1 Å². The monoisotopic (exact) mass is 709 g/mol. The van der Waals surface area contributed by atoms with Gasteiger partial charge >= 0.3 is 6.36 Å². The Morgan fingerprint density at radius 3 is 2.42 bits per heavy atom. The van der Waals surface area contributed by atoms with Crippen LogP contribution in [0.15, 0.2) is 59.5 Å². The third kappa shape index (κ3) is 6.22. The summed E-state index contributed by atoms with van der Waals surface area (Å²) >= 11 is 6.56. The molecule has 4 atom stereocenters. The van der Waals surface area contributed by atoms with Crippen LogP contribution in [0.2, 0.25) is 5.02 Å². The quantitative estimate of drug-likeness (QED) is 0.312. The molecule has 1 saturated heterocycles. The first-order chi connectivity index (χ1) is 22.7. The Balaban J connectivity index is 1.84. The summed E-state index contributed by atoms with van der Waals surface area (Å²) in [6, 6.07) is 12.0. The Labute approximate surface area is 283 Å². The number of hydrogen-bond acceptors (Lipinski definition) is 8. The third-order valence-corrected chi connectivity index (χ3v) is 10.1. The Hall–Kier alpha value is -3.85. The van der Waals surface area contributed by atoms with Gasteiger partial charge < -0.3 is 24.2 Å². The molecule has 0 radical (unpaired) electrons. The highest BCUT2D eigenvalue weighted by molar-refractivity contribution is 7.87. The number of amides is 2. The average molecular weight is 710 g/mol. The van der Waals surface area contributed by atoms with E-state index in [0.29, 0.717) is 6.42 Å². The summed E-state index contributed by atoms with van der Waals surface area (Å²) in [6.07, 6.45) is -4.84. The van der Waals surface area contributed by atoms with Crippen molar-refractivity contribution in [3.8, 4) is 17.2 Å². The minimum absolute atomic E-state index is 0.00199. The number of carbonyl (C=O) groups is 2. The number of alkyl halides is 3. The first-order valence-corrected chi connectivity index (χ1v) is 16.5. The topological polar surface area (TPSA) is 109 Å². The molecule has 0 bridgehead atoms. The number of benzene rings is 3. The van der Waals surface area contributed by atoms with Crippen molar-refractivity contribution in [1.29, 1.82) is 0 Å². The highest BCUT2D eigenvalue weighted by Crippen LogP contribution is 2.55. The van der Waals surface area contributed by atoms with Crippen LogP contribution in [-0.2, 0) is 32.5 Å². The van der Waals surface area contributed by atoms with Crippen molar-refractivity contribution in [2.24, 2.45) is 0 Å². The predicted molar refractivity (Wildman–Crippen MR) is 173 cm³/mol. The van der Waals surface area contributed by atoms with Crippen LogP contribution in [0.1, 0.15) is 36.5 Å². The van der Waals surface area contributed by atoms with E-state index in [9.17, 15) is 27.3 Å². The van der Waals surface area contributed by atoms with E-state index in [0.717, 1.165) is 28.4 Å². The van der Waals surface area contributed by atoms with E-state index in [1.807, 2.05) is 13.0 Å². The number of methoxy groups -OCH3 is 2. The first-order valence-electron chi connectivity index (χ1n) is 15.0. The third-order valence-electron chi connectivity index (χ3n) is 8.42. The molecule has 15 heteroatoms. The van der Waals surface area contributed by atoms with Gasteiger partial charge in [0, 0.05) is 42.9 Å². The molecule has 0 aromatic heterocycles. The number of carbonyl (C=O) groups excluding carboxylic acids is 2. The number of aryl methyl sites for hydroxylation is 1. The van der Waals surface area contributed by atoms with Crippen molar-refractivity contribution in [3.05, 3.63) is 76.3 Å². The molecule has 3 aromatic carbocycles. The van der Waals surface area contributed by atoms with Crippen LogP contribution in [-0.4, -0.2) is 84.3 Å². The maximum Gasteiger partial charge on any atom is 0.573 e. The van der Waals surface area contributed by atoms with Crippen molar-refractivity contribution in [2.75, 3.05) is 39.2 Å². The SMILES string of the molecule is CCCc1ccc(OC)c(C2(N3C[C@H](O)C[C@H]3C(=O)N(C)C)C(=O)N(S(=O)c3ccc(OC)cc3OC(F)(F)F)c3ccc(Cl)cc32)c1. The summed E-state index contributed by atoms with van der Waals surface area (Å²) in [5, 5.41) is 11.2. The van der Waals surface area contributed by atoms with Crippen LogP contribution >= 0.6 is 11.6 Å². The summed E-state index contributed by atoms with van der Waals surface area (Å²) < 4.78 is 71.3. The smallest absolute Gasteiger partial charge is 0.497 e. The Morgan fingerprint density at radius 2 is 1.79 bits per heavy atom. The summed E-state index contributed by atoms with van der Waals surface area (Å²) in [7, 11) is 3.11. The molecule has 10 nitrogen and oxygen atoms in total. The number of aliphatic hydroxyl groups excluding tert-OH is 1. The van der Waals surface area contributed by atoms with Crippen molar-refractivity contribution < 1.29 is 46.3 Å². The predicted octanol–water partition coefficient (Wildman–Crippen LogP) is 5.04. The minimum Gasteiger partial charge on any atom is -0.497 e. The molecular weight excluding hydrogens is 675 g/mol. The van der Waals surface area contributed by atoms with Crippen LogP contribution in [0.25, 0.3) is 0 Å². The van der Waals surface area contributed by atoms with E-state index in [2.05, 4.69) is 4.74 Å². The largest absolute Gasteiger partial charge is 0.573 e. The van der Waals surface area contributed by atoms with Crippen LogP contribution < -0.4 is 18.5 Å². The second kappa shape index (κ2) is 13.6. The molecule has 1 fully saturated rings. The Bertz CT molecular complexity index is 1760. The lowest BCUT2D eigenvalue weighted by molar-refractivity contribution is -0.275. The number of anilines is 1. The van der Waals surface area contributed by atoms with Crippen molar-refractivity contribution in [1.82, 2.24) is 9.80 Å². The summed E-state index contributed by atoms with van der Waals surface area (Å²) in [4.78, 5) is 31.6. The molecule has 2 amide bonds. The van der Waals surface area contributed by atoms with Gasteiger partial charge in [-0.3, -0.25) is 14.5 Å². The lowest BCUT2D eigenvalue weighted by Crippen LogP contribution is -2.59. The lowest BCUT2D eigenvalue weighted by atomic mass is 9.80. The summed E-state index contributed by atoms with van der Waals surface area (Å²) in [6.45, 7) is 1.83. The number of rotatable bonds is 10. The number of likely N-dealkylation sites (N-methyl/N-ethyl adjacent to an activating group) is 1. The van der Waals surface area contributed by atoms with Gasteiger partial charge in [-0.15, -0.1) is 13.2 Å². The van der Waals surface area contributed by atoms with Gasteiger partial charge in [0.15, 0.2) is 22.3 Å². The molecule has 2 aliphatic rings. The van der Waals surface area contributed by atoms with E-state index in [1.54, 1.807) is 31.1 Å². The van der Waals surface area contributed by atoms with E-state index in [-0.39, 0.29) is 46.3 Å². The number of hydrogen-bond donors (Lipinski definition) is 1. The van der Waals surface area contributed by atoms with Crippen molar-refractivity contribution in [2.45, 2.75) is 55.1 Å². The summed E-state index contributed by atoms with van der Waals surface area (Å²) in [5.41, 5.74) is -0.586. The average Bonchev–Trinajstić information content (AvgIpc) is 3.53. The highest BCUT2D eigenvalue weighted by Gasteiger charge is 2.63. The van der Waals surface area contributed by atoms with E-state index < -0.39 is 57.5 Å². The molecule has 258 valence electrons. The number of likely N-dealkylation sites (tertiary alicyclic amines) is 1. The van der Waals surface area contributed by atoms with Crippen LogP contribution in [0.3, 0.4) is 0 Å². The molecule has 48 heavy (non-hydrogen) atoms. The number of β-amino-alcohol motifs (C(OH)–C–C–N with tert-alkyl or cyclic N) is 1. The molecule has 2 aliphatic heterocycles. The number of fused-ring (bicyclic) bond motifs is 1. The van der Waals surface area contributed by atoms with Gasteiger partial charge in [-0.1, -0.05) is 31.0 Å². The second-order valence-electron chi connectivity index (χ2n) is 11.7. The Morgan fingerprint density at radius 1 is 1.06 bits per heavy atom. The van der Waals surface area contributed by atoms with Gasteiger partial charge in [-0.05, 0) is 60.9 Å². The first kappa shape index (κ1) is 35.5. The van der Waals surface area contributed by atoms with Crippen molar-refractivity contribution >= 4 is 40.1 Å². The van der Waals surface area contributed by atoms with Gasteiger partial charge in [-0.25, -0.2) is 8.51 Å². The Kier molecular flexibility index (Phi) is 10.0. The van der Waals surface area contributed by atoms with E-state index >= 15 is 4.79 Å². The lowest BCUT2D eigenvalue weighted by Gasteiger charge is -2.42. The summed E-state index contributed by atoms with van der Waals surface area (Å²) in [5.74, 6) is -1.84. The molecule has 1 N–H and O–H groups in total. The molecule has 5 rings (SSSR count). The molecule has 2 unspecified atom stereocenters. The van der Waals surface area contributed by atoms with E-state index in [1.165, 1.54) is 43.4 Å². The number of ether oxygens (including phenoxy) is 3. The van der Waals surface area contributed by atoms with Gasteiger partial charge in [0.2, 0.25) is 5.91 Å². The normalized spacial score (nSPS) is 21.6. The minimum atomic E-state index is -5.16. The zero-order valence-corrected chi connectivity index (χ0v) is 28.4. The van der Waals surface area contributed by atoms with Gasteiger partial charge in [0.1, 0.15) is 16.4 Å². The fourth-order valence-corrected chi connectivity index (χ4v) is 7.91. The fourth-order valence-electron chi connectivity index (χ4n) is 6.47.